The van der Waals surface area contributed by atoms with Crippen molar-refractivity contribution in [3.63, 3.8) is 0 Å². The van der Waals surface area contributed by atoms with Crippen LogP contribution in [0.2, 0.25) is 0 Å². The van der Waals surface area contributed by atoms with E-state index in [1.54, 1.807) is 23.1 Å². The summed E-state index contributed by atoms with van der Waals surface area (Å²) in [5.74, 6) is 0. The van der Waals surface area contributed by atoms with E-state index in [1.165, 1.54) is 11.1 Å². The molecule has 0 bridgehead atoms. The van der Waals surface area contributed by atoms with Crippen LogP contribution >= 0.6 is 0 Å². The maximum Gasteiger partial charge on any atom is 0.277 e. The van der Waals surface area contributed by atoms with Gasteiger partial charge in [-0.1, -0.05) is 60.7 Å². The van der Waals surface area contributed by atoms with E-state index < -0.39 is 0 Å². The second kappa shape index (κ2) is 10.0. The fourth-order valence-corrected chi connectivity index (χ4v) is 5.46. The Hall–Kier alpha value is -3.81. The van der Waals surface area contributed by atoms with Crippen molar-refractivity contribution < 1.29 is 0 Å². The van der Waals surface area contributed by atoms with E-state index in [4.69, 9.17) is 0 Å². The average molecular weight is 479 g/mol. The summed E-state index contributed by atoms with van der Waals surface area (Å²) in [5, 5.41) is 0. The number of imidazole rings is 1. The number of nitrogens with zero attached hydrogens (tertiary/aromatic N) is 6. The lowest BCUT2D eigenvalue weighted by molar-refractivity contribution is 0.108. The van der Waals surface area contributed by atoms with Crippen molar-refractivity contribution in [2.75, 3.05) is 32.7 Å². The zero-order chi connectivity index (χ0) is 24.3. The van der Waals surface area contributed by atoms with Gasteiger partial charge in [0.25, 0.3) is 5.56 Å². The molecule has 0 N–H and O–H groups in total. The summed E-state index contributed by atoms with van der Waals surface area (Å²) in [6, 6.07) is 25.7. The molecule has 7 nitrogen and oxygen atoms in total. The highest BCUT2D eigenvalue weighted by atomic mass is 16.1. The van der Waals surface area contributed by atoms with Gasteiger partial charge in [0.05, 0.1) is 17.8 Å². The van der Waals surface area contributed by atoms with Gasteiger partial charge in [0, 0.05) is 38.9 Å². The van der Waals surface area contributed by atoms with Gasteiger partial charge in [0.1, 0.15) is 11.8 Å². The van der Waals surface area contributed by atoms with Crippen molar-refractivity contribution in [2.24, 2.45) is 0 Å². The van der Waals surface area contributed by atoms with Gasteiger partial charge >= 0.3 is 0 Å². The van der Waals surface area contributed by atoms with E-state index in [9.17, 15) is 4.79 Å². The predicted molar refractivity (Wildman–Crippen MR) is 142 cm³/mol. The lowest BCUT2D eigenvalue weighted by atomic mass is 9.96. The summed E-state index contributed by atoms with van der Waals surface area (Å²) in [6.45, 7) is 5.71. The van der Waals surface area contributed by atoms with E-state index in [1.807, 2.05) is 16.7 Å². The number of hydrogen-bond donors (Lipinski definition) is 0. The summed E-state index contributed by atoms with van der Waals surface area (Å²) in [6.07, 6.45) is 5.96. The molecule has 6 rings (SSSR count). The van der Waals surface area contributed by atoms with Crippen LogP contribution < -0.4 is 5.56 Å². The minimum atomic E-state index is -0.00798. The Morgan fingerprint density at radius 1 is 0.778 bits per heavy atom. The summed E-state index contributed by atoms with van der Waals surface area (Å²) >= 11 is 0. The second-order valence-corrected chi connectivity index (χ2v) is 9.41. The number of piperazine rings is 1. The van der Waals surface area contributed by atoms with Crippen LogP contribution in [-0.2, 0) is 6.54 Å². The van der Waals surface area contributed by atoms with Crippen LogP contribution in [0.15, 0.2) is 96.3 Å². The molecule has 7 heteroatoms. The Morgan fingerprint density at radius 2 is 1.47 bits per heavy atom. The highest BCUT2D eigenvalue weighted by Crippen LogP contribution is 2.29. The van der Waals surface area contributed by atoms with Crippen molar-refractivity contribution >= 4 is 16.7 Å². The monoisotopic (exact) mass is 478 g/mol. The Morgan fingerprint density at radius 3 is 2.17 bits per heavy atom. The molecule has 36 heavy (non-hydrogen) atoms. The number of benzene rings is 2. The molecule has 2 aromatic carbocycles. The molecule has 1 aliphatic rings. The van der Waals surface area contributed by atoms with Gasteiger partial charge in [0.15, 0.2) is 5.65 Å². The molecule has 0 aliphatic carbocycles. The van der Waals surface area contributed by atoms with Crippen LogP contribution in [-0.4, -0.2) is 61.5 Å². The summed E-state index contributed by atoms with van der Waals surface area (Å²) in [5.41, 5.74) is 4.87. The van der Waals surface area contributed by atoms with Crippen molar-refractivity contribution in [3.8, 4) is 0 Å². The van der Waals surface area contributed by atoms with Crippen LogP contribution in [0.3, 0.4) is 0 Å². The van der Waals surface area contributed by atoms with Crippen LogP contribution in [0, 0.1) is 0 Å². The van der Waals surface area contributed by atoms with E-state index in [0.29, 0.717) is 12.1 Å². The molecule has 0 unspecified atom stereocenters. The topological polar surface area (TPSA) is 58.7 Å². The maximum atomic E-state index is 13.1. The highest BCUT2D eigenvalue weighted by Gasteiger charge is 2.26. The smallest absolute Gasteiger partial charge is 0.277 e. The summed E-state index contributed by atoms with van der Waals surface area (Å²) < 4.78 is 3.64. The average Bonchev–Trinajstić information content (AvgIpc) is 3.44. The SMILES string of the molecule is O=c1c2cncn2c2ncccc2n1CCCN1CCN(C(c2ccccc2)c2ccccc2)CC1. The maximum absolute atomic E-state index is 13.1. The third kappa shape index (κ3) is 4.32. The first-order valence-corrected chi connectivity index (χ1v) is 12.7. The van der Waals surface area contributed by atoms with Gasteiger partial charge in [0.2, 0.25) is 0 Å². The Bertz CT molecular complexity index is 1460. The largest absolute Gasteiger partial charge is 0.303 e. The molecule has 4 heterocycles. The quantitative estimate of drug-likeness (QED) is 0.356. The number of fused-ring (bicyclic) bond motifs is 3. The lowest BCUT2D eigenvalue weighted by Crippen LogP contribution is -2.48. The lowest BCUT2D eigenvalue weighted by Gasteiger charge is -2.40. The van der Waals surface area contributed by atoms with E-state index in [0.717, 1.165) is 50.3 Å². The number of aryl methyl sites for hydroxylation is 1. The zero-order valence-corrected chi connectivity index (χ0v) is 20.3. The molecule has 0 saturated carbocycles. The highest BCUT2D eigenvalue weighted by molar-refractivity contribution is 5.74. The first kappa shape index (κ1) is 22.6. The van der Waals surface area contributed by atoms with Gasteiger partial charge in [-0.05, 0) is 36.2 Å². The number of hydrogen-bond acceptors (Lipinski definition) is 5. The number of rotatable bonds is 7. The molecule has 1 saturated heterocycles. The van der Waals surface area contributed by atoms with Gasteiger partial charge in [-0.15, -0.1) is 0 Å². The molecule has 3 aromatic heterocycles. The third-order valence-electron chi connectivity index (χ3n) is 7.25. The van der Waals surface area contributed by atoms with Crippen molar-refractivity contribution in [1.82, 2.24) is 28.7 Å². The summed E-state index contributed by atoms with van der Waals surface area (Å²) in [4.78, 5) is 26.9. The normalized spacial score (nSPS) is 15.2. The molecule has 0 spiro atoms. The van der Waals surface area contributed by atoms with Crippen LogP contribution in [0.25, 0.3) is 16.7 Å². The molecular weight excluding hydrogens is 448 g/mol. The molecule has 182 valence electrons. The van der Waals surface area contributed by atoms with Crippen molar-refractivity contribution in [3.05, 3.63) is 113 Å². The molecule has 0 amide bonds. The first-order chi connectivity index (χ1) is 17.8. The van der Waals surface area contributed by atoms with Gasteiger partial charge in [-0.2, -0.15) is 0 Å². The van der Waals surface area contributed by atoms with Gasteiger partial charge < -0.3 is 9.47 Å². The third-order valence-corrected chi connectivity index (χ3v) is 7.25. The standard InChI is InChI=1S/C29H30N6O/c36-29-26-21-30-22-35(26)28-25(13-7-14-31-28)34(29)16-8-15-32-17-19-33(20-18-32)27(23-9-3-1-4-10-23)24-11-5-2-6-12-24/h1-7,9-14,21-22,27H,8,15-20H2. The molecule has 1 fully saturated rings. The van der Waals surface area contributed by atoms with Crippen LogP contribution in [0.4, 0.5) is 0 Å². The minimum Gasteiger partial charge on any atom is -0.303 e. The van der Waals surface area contributed by atoms with Crippen molar-refractivity contribution in [2.45, 2.75) is 19.0 Å². The van der Waals surface area contributed by atoms with Gasteiger partial charge in [-0.3, -0.25) is 14.1 Å². The molecule has 1 aliphatic heterocycles. The van der Waals surface area contributed by atoms with E-state index in [2.05, 4.69) is 80.4 Å². The zero-order valence-electron chi connectivity index (χ0n) is 20.3. The fraction of sp³-hybridized carbons (Fsp3) is 0.276. The minimum absolute atomic E-state index is 0.00798. The first-order valence-electron chi connectivity index (χ1n) is 12.7. The molecule has 0 radical (unpaired) electrons. The Kier molecular flexibility index (Phi) is 6.32. The predicted octanol–water partition coefficient (Wildman–Crippen LogP) is 3.84. The van der Waals surface area contributed by atoms with Gasteiger partial charge in [-0.25, -0.2) is 9.97 Å². The number of pyridine rings is 1. The Balaban J connectivity index is 1.13. The second-order valence-electron chi connectivity index (χ2n) is 9.41. The van der Waals surface area contributed by atoms with Crippen LogP contribution in [0.1, 0.15) is 23.6 Å². The number of aromatic nitrogens is 4. The molecule has 5 aromatic rings. The van der Waals surface area contributed by atoms with Crippen molar-refractivity contribution in [1.29, 1.82) is 0 Å². The van der Waals surface area contributed by atoms with Crippen LogP contribution in [0.5, 0.6) is 0 Å². The summed E-state index contributed by atoms with van der Waals surface area (Å²) in [7, 11) is 0. The molecule has 0 atom stereocenters. The Labute approximate surface area is 210 Å². The molecular formula is C29H30N6O. The fourth-order valence-electron chi connectivity index (χ4n) is 5.46. The van der Waals surface area contributed by atoms with E-state index in [-0.39, 0.29) is 11.6 Å². The van der Waals surface area contributed by atoms with E-state index >= 15 is 0 Å².